The zero-order valence-corrected chi connectivity index (χ0v) is 9.90. The van der Waals surface area contributed by atoms with E-state index in [4.69, 9.17) is 0 Å². The number of carbonyl (C=O) groups is 1. The number of allylic oxidation sites excluding steroid dienone is 2. The lowest BCUT2D eigenvalue weighted by Crippen LogP contribution is -2.38. The molecule has 0 aromatic carbocycles. The van der Waals surface area contributed by atoms with Crippen LogP contribution < -0.4 is 0 Å². The van der Waals surface area contributed by atoms with Gasteiger partial charge in [0, 0.05) is 19.0 Å². The summed E-state index contributed by atoms with van der Waals surface area (Å²) in [4.78, 5) is 14.6. The summed E-state index contributed by atoms with van der Waals surface area (Å²) >= 11 is 0. The fourth-order valence-electron chi connectivity index (χ4n) is 3.59. The van der Waals surface area contributed by atoms with Crippen molar-refractivity contribution in [2.24, 2.45) is 17.8 Å². The van der Waals surface area contributed by atoms with Crippen LogP contribution in [0.25, 0.3) is 0 Å². The molecule has 1 saturated carbocycles. The number of carbonyl (C=O) groups excluding carboxylic acids is 1. The Hall–Kier alpha value is -0.790. The van der Waals surface area contributed by atoms with Gasteiger partial charge in [-0.2, -0.15) is 0 Å². The number of hydrogen-bond acceptors (Lipinski definition) is 1. The largest absolute Gasteiger partial charge is 0.342 e. The van der Waals surface area contributed by atoms with E-state index in [0.29, 0.717) is 23.7 Å². The average Bonchev–Trinajstić information content (AvgIpc) is 2.82. The Morgan fingerprint density at radius 3 is 2.31 bits per heavy atom. The monoisotopic (exact) mass is 219 g/mol. The van der Waals surface area contributed by atoms with Gasteiger partial charge in [0.1, 0.15) is 0 Å². The van der Waals surface area contributed by atoms with Crippen molar-refractivity contribution in [3.8, 4) is 0 Å². The van der Waals surface area contributed by atoms with Crippen LogP contribution in [0.15, 0.2) is 12.2 Å². The number of hydrogen-bond donors (Lipinski definition) is 0. The predicted molar refractivity (Wildman–Crippen MR) is 63.9 cm³/mol. The van der Waals surface area contributed by atoms with Crippen molar-refractivity contribution in [2.45, 2.75) is 38.5 Å². The highest BCUT2D eigenvalue weighted by Crippen LogP contribution is 2.44. The lowest BCUT2D eigenvalue weighted by atomic mass is 9.92. The summed E-state index contributed by atoms with van der Waals surface area (Å²) in [6.45, 7) is 2.02. The van der Waals surface area contributed by atoms with Crippen LogP contribution in [-0.2, 0) is 4.79 Å². The molecule has 2 heteroatoms. The Labute approximate surface area is 97.7 Å². The second-order valence-electron chi connectivity index (χ2n) is 5.63. The Bertz CT molecular complexity index is 302. The minimum absolute atomic E-state index is 0.327. The van der Waals surface area contributed by atoms with Gasteiger partial charge in [0.25, 0.3) is 0 Å². The van der Waals surface area contributed by atoms with Crippen molar-refractivity contribution < 1.29 is 4.79 Å². The van der Waals surface area contributed by atoms with E-state index in [0.717, 1.165) is 19.5 Å². The normalized spacial score (nSPS) is 37.8. The highest BCUT2D eigenvalue weighted by molar-refractivity contribution is 5.80. The average molecular weight is 219 g/mol. The van der Waals surface area contributed by atoms with Crippen LogP contribution >= 0.6 is 0 Å². The molecule has 3 rings (SSSR count). The topological polar surface area (TPSA) is 20.3 Å². The van der Waals surface area contributed by atoms with Crippen molar-refractivity contribution in [2.75, 3.05) is 13.1 Å². The van der Waals surface area contributed by atoms with Gasteiger partial charge in [-0.05, 0) is 37.5 Å². The highest BCUT2D eigenvalue weighted by atomic mass is 16.2. The van der Waals surface area contributed by atoms with Crippen molar-refractivity contribution in [1.82, 2.24) is 4.90 Å². The van der Waals surface area contributed by atoms with Gasteiger partial charge in [0.2, 0.25) is 5.91 Å². The van der Waals surface area contributed by atoms with Crippen LogP contribution in [0.3, 0.4) is 0 Å². The smallest absolute Gasteiger partial charge is 0.226 e. The molecule has 3 unspecified atom stereocenters. The van der Waals surface area contributed by atoms with Gasteiger partial charge < -0.3 is 4.90 Å². The van der Waals surface area contributed by atoms with Crippen molar-refractivity contribution in [3.05, 3.63) is 12.2 Å². The maximum atomic E-state index is 12.4. The third kappa shape index (κ3) is 1.79. The lowest BCUT2D eigenvalue weighted by Gasteiger charge is -2.27. The highest BCUT2D eigenvalue weighted by Gasteiger charge is 2.41. The van der Waals surface area contributed by atoms with Crippen LogP contribution in [0.5, 0.6) is 0 Å². The summed E-state index contributed by atoms with van der Waals surface area (Å²) in [5.74, 6) is 2.07. The molecule has 2 nitrogen and oxygen atoms in total. The van der Waals surface area contributed by atoms with Crippen LogP contribution in [-0.4, -0.2) is 23.9 Å². The molecule has 0 spiro atoms. The molecule has 16 heavy (non-hydrogen) atoms. The number of fused-ring (bicyclic) bond motifs is 2. The number of nitrogens with zero attached hydrogens (tertiary/aromatic N) is 1. The van der Waals surface area contributed by atoms with Crippen molar-refractivity contribution in [1.29, 1.82) is 0 Å². The van der Waals surface area contributed by atoms with Crippen LogP contribution in [0.2, 0.25) is 0 Å². The summed E-state index contributed by atoms with van der Waals surface area (Å²) in [6.07, 6.45) is 12.0. The Kier molecular flexibility index (Phi) is 2.74. The molecule has 1 heterocycles. The fourth-order valence-corrected chi connectivity index (χ4v) is 3.59. The van der Waals surface area contributed by atoms with E-state index in [1.165, 1.54) is 32.1 Å². The molecule has 2 bridgehead atoms. The first-order valence-corrected chi connectivity index (χ1v) is 6.82. The van der Waals surface area contributed by atoms with Gasteiger partial charge >= 0.3 is 0 Å². The van der Waals surface area contributed by atoms with E-state index in [9.17, 15) is 4.79 Å². The first-order chi connectivity index (χ1) is 7.84. The molecule has 1 aliphatic heterocycles. The molecule has 0 aromatic heterocycles. The van der Waals surface area contributed by atoms with E-state index in [-0.39, 0.29) is 0 Å². The minimum atomic E-state index is 0.327. The quantitative estimate of drug-likeness (QED) is 0.621. The third-order valence-electron chi connectivity index (χ3n) is 4.51. The van der Waals surface area contributed by atoms with Gasteiger partial charge in [-0.1, -0.05) is 25.0 Å². The van der Waals surface area contributed by atoms with Crippen LogP contribution in [0.4, 0.5) is 0 Å². The molecule has 88 valence electrons. The molecular weight excluding hydrogens is 198 g/mol. The molecule has 3 aliphatic rings. The van der Waals surface area contributed by atoms with Gasteiger partial charge in [0.05, 0.1) is 0 Å². The maximum Gasteiger partial charge on any atom is 0.226 e. The molecule has 0 aromatic rings. The summed E-state index contributed by atoms with van der Waals surface area (Å²) in [5.41, 5.74) is 0. The van der Waals surface area contributed by atoms with Gasteiger partial charge in [0.15, 0.2) is 0 Å². The Morgan fingerprint density at radius 1 is 1.00 bits per heavy atom. The second-order valence-corrected chi connectivity index (χ2v) is 5.63. The molecule has 1 amide bonds. The van der Waals surface area contributed by atoms with E-state index in [1.807, 2.05) is 0 Å². The standard InChI is InChI=1S/C14H21NO/c16-14(15-7-3-1-2-4-8-15)13-10-11-5-6-12(13)9-11/h5-6,11-13H,1-4,7-10H2. The molecule has 2 fully saturated rings. The van der Waals surface area contributed by atoms with Crippen molar-refractivity contribution in [3.63, 3.8) is 0 Å². The predicted octanol–water partition coefficient (Wildman–Crippen LogP) is 2.60. The number of rotatable bonds is 1. The summed E-state index contributed by atoms with van der Waals surface area (Å²) in [7, 11) is 0. The second kappa shape index (κ2) is 4.23. The number of amides is 1. The molecule has 1 saturated heterocycles. The molecule has 3 atom stereocenters. The molecule has 0 N–H and O–H groups in total. The zero-order chi connectivity index (χ0) is 11.0. The van der Waals surface area contributed by atoms with Gasteiger partial charge in [-0.25, -0.2) is 0 Å². The van der Waals surface area contributed by atoms with Gasteiger partial charge in [-0.3, -0.25) is 4.79 Å². The first kappa shape index (κ1) is 10.4. The maximum absolute atomic E-state index is 12.4. The van der Waals surface area contributed by atoms with Crippen molar-refractivity contribution >= 4 is 5.91 Å². The zero-order valence-electron chi connectivity index (χ0n) is 9.90. The molecular formula is C14H21NO. The fraction of sp³-hybridized carbons (Fsp3) is 0.786. The number of likely N-dealkylation sites (tertiary alicyclic amines) is 1. The molecule has 0 radical (unpaired) electrons. The Morgan fingerprint density at radius 2 is 1.75 bits per heavy atom. The van der Waals surface area contributed by atoms with E-state index in [1.54, 1.807) is 0 Å². The van der Waals surface area contributed by atoms with Gasteiger partial charge in [-0.15, -0.1) is 0 Å². The minimum Gasteiger partial charge on any atom is -0.342 e. The Balaban J connectivity index is 1.65. The summed E-state index contributed by atoms with van der Waals surface area (Å²) < 4.78 is 0. The van der Waals surface area contributed by atoms with Crippen LogP contribution in [0, 0.1) is 17.8 Å². The van der Waals surface area contributed by atoms with Crippen LogP contribution in [0.1, 0.15) is 38.5 Å². The lowest BCUT2D eigenvalue weighted by molar-refractivity contribution is -0.136. The molecule has 2 aliphatic carbocycles. The first-order valence-electron chi connectivity index (χ1n) is 6.82. The SMILES string of the molecule is O=C(C1CC2C=CC1C2)N1CCCCCC1. The van der Waals surface area contributed by atoms with E-state index in [2.05, 4.69) is 17.1 Å². The van der Waals surface area contributed by atoms with E-state index < -0.39 is 0 Å². The summed E-state index contributed by atoms with van der Waals surface area (Å²) in [5, 5.41) is 0. The third-order valence-corrected chi connectivity index (χ3v) is 4.51. The van der Waals surface area contributed by atoms with E-state index >= 15 is 0 Å². The summed E-state index contributed by atoms with van der Waals surface area (Å²) in [6, 6.07) is 0.